The zero-order chi connectivity index (χ0) is 16.4. The lowest BCUT2D eigenvalue weighted by molar-refractivity contribution is -0.387. The first-order valence-corrected chi connectivity index (χ1v) is 7.30. The topological polar surface area (TPSA) is 132 Å². The summed E-state index contributed by atoms with van der Waals surface area (Å²) < 4.78 is 39.6. The summed E-state index contributed by atoms with van der Waals surface area (Å²) in [6.07, 6.45) is 0. The van der Waals surface area contributed by atoms with Gasteiger partial charge in [0.05, 0.1) is 9.82 Å². The van der Waals surface area contributed by atoms with Crippen LogP contribution in [0, 0.1) is 21.8 Å². The van der Waals surface area contributed by atoms with E-state index in [-0.39, 0.29) is 0 Å². The molecule has 1 aromatic rings. The summed E-state index contributed by atoms with van der Waals surface area (Å²) in [4.78, 5) is 20.2. The molecule has 8 nitrogen and oxygen atoms in total. The van der Waals surface area contributed by atoms with Crippen LogP contribution in [0.15, 0.2) is 23.1 Å². The van der Waals surface area contributed by atoms with Crippen molar-refractivity contribution in [3.05, 3.63) is 34.1 Å². The highest BCUT2D eigenvalue weighted by Crippen LogP contribution is 2.21. The second-order valence-corrected chi connectivity index (χ2v) is 6.33. The van der Waals surface area contributed by atoms with E-state index >= 15 is 0 Å². The minimum Gasteiger partial charge on any atom is -0.368 e. The lowest BCUT2D eigenvalue weighted by atomic mass is 10.1. The van der Waals surface area contributed by atoms with Gasteiger partial charge in [-0.25, -0.2) is 8.42 Å². The van der Waals surface area contributed by atoms with Crippen LogP contribution in [0.2, 0.25) is 0 Å². The molecule has 0 radical (unpaired) electrons. The summed E-state index contributed by atoms with van der Waals surface area (Å²) in [6, 6.07) is 0.951. The second kappa shape index (κ2) is 6.14. The van der Waals surface area contributed by atoms with Crippen LogP contribution in [0.4, 0.5) is 10.1 Å². The highest BCUT2D eigenvalue weighted by Gasteiger charge is 2.28. The molecule has 10 heteroatoms. The average Bonchev–Trinajstić information content (AvgIpc) is 2.34. The van der Waals surface area contributed by atoms with E-state index in [9.17, 15) is 27.7 Å². The summed E-state index contributed by atoms with van der Waals surface area (Å²) in [5.41, 5.74) is 4.24. The van der Waals surface area contributed by atoms with Crippen molar-refractivity contribution in [2.75, 3.05) is 0 Å². The molecule has 0 saturated carbocycles. The number of nitro benzene ring substituents is 1. The van der Waals surface area contributed by atoms with Crippen LogP contribution in [-0.4, -0.2) is 25.3 Å². The summed E-state index contributed by atoms with van der Waals surface area (Å²) >= 11 is 0. The molecule has 116 valence electrons. The molecule has 0 heterocycles. The fourth-order valence-electron chi connectivity index (χ4n) is 1.56. The first-order chi connectivity index (χ1) is 9.56. The Morgan fingerprint density at radius 1 is 1.43 bits per heavy atom. The number of sulfonamides is 1. The van der Waals surface area contributed by atoms with E-state index in [2.05, 4.69) is 0 Å². The van der Waals surface area contributed by atoms with Gasteiger partial charge < -0.3 is 5.73 Å². The van der Waals surface area contributed by atoms with Gasteiger partial charge in [0.2, 0.25) is 21.7 Å². The number of nitrogens with two attached hydrogens (primary N) is 1. The van der Waals surface area contributed by atoms with Crippen LogP contribution in [0.25, 0.3) is 0 Å². The minimum absolute atomic E-state index is 0.417. The van der Waals surface area contributed by atoms with Crippen LogP contribution < -0.4 is 10.5 Å². The van der Waals surface area contributed by atoms with Crippen molar-refractivity contribution in [2.24, 2.45) is 11.7 Å². The molecule has 0 aliphatic heterocycles. The predicted molar refractivity (Wildman–Crippen MR) is 71.2 cm³/mol. The van der Waals surface area contributed by atoms with Crippen molar-refractivity contribution in [1.29, 1.82) is 0 Å². The molecule has 1 aromatic carbocycles. The Morgan fingerprint density at radius 2 is 2.00 bits per heavy atom. The quantitative estimate of drug-likeness (QED) is 0.582. The van der Waals surface area contributed by atoms with E-state index in [1.807, 2.05) is 4.72 Å². The molecule has 0 saturated heterocycles. The number of hydrogen-bond donors (Lipinski definition) is 2. The van der Waals surface area contributed by atoms with E-state index in [0.29, 0.717) is 6.07 Å². The molecule has 3 N–H and O–H groups in total. The molecule has 1 atom stereocenters. The normalized spacial score (nSPS) is 13.1. The number of carbonyl (C=O) groups is 1. The molecule has 1 unspecified atom stereocenters. The SMILES string of the molecule is CC(C)C(NS(=O)(=O)c1ccc([N+](=O)[O-])c(F)c1)C(N)=O. The smallest absolute Gasteiger partial charge is 0.304 e. The zero-order valence-corrected chi connectivity index (χ0v) is 12.1. The van der Waals surface area contributed by atoms with Gasteiger partial charge in [-0.2, -0.15) is 9.11 Å². The number of amides is 1. The molecular weight excluding hydrogens is 305 g/mol. The molecule has 0 aromatic heterocycles. The zero-order valence-electron chi connectivity index (χ0n) is 11.2. The van der Waals surface area contributed by atoms with E-state index < -0.39 is 49.2 Å². The monoisotopic (exact) mass is 319 g/mol. The number of nitrogens with one attached hydrogen (secondary N) is 1. The number of primary amides is 1. The molecule has 21 heavy (non-hydrogen) atoms. The first-order valence-electron chi connectivity index (χ1n) is 5.82. The predicted octanol–water partition coefficient (Wildman–Crippen LogP) is 0.522. The van der Waals surface area contributed by atoms with Crippen LogP contribution in [0.1, 0.15) is 13.8 Å². The molecule has 0 fully saturated rings. The second-order valence-electron chi connectivity index (χ2n) is 4.62. The van der Waals surface area contributed by atoms with Crippen molar-refractivity contribution in [1.82, 2.24) is 4.72 Å². The third-order valence-corrected chi connectivity index (χ3v) is 4.12. The number of rotatable bonds is 6. The molecule has 0 aliphatic carbocycles. The third kappa shape index (κ3) is 3.95. The summed E-state index contributed by atoms with van der Waals surface area (Å²) in [5, 5.41) is 10.5. The summed E-state index contributed by atoms with van der Waals surface area (Å²) in [5.74, 6) is -2.58. The molecule has 0 bridgehead atoms. The largest absolute Gasteiger partial charge is 0.368 e. The summed E-state index contributed by atoms with van der Waals surface area (Å²) in [7, 11) is -4.23. The van der Waals surface area contributed by atoms with Gasteiger partial charge in [-0.15, -0.1) is 0 Å². The standard InChI is InChI=1S/C11H14FN3O5S/c1-6(2)10(11(13)16)14-21(19,20)7-3-4-9(15(17)18)8(12)5-7/h3-6,10,14H,1-2H3,(H2,13,16). The van der Waals surface area contributed by atoms with Gasteiger partial charge in [-0.1, -0.05) is 13.8 Å². The highest BCUT2D eigenvalue weighted by molar-refractivity contribution is 7.89. The minimum atomic E-state index is -4.23. The number of benzene rings is 1. The van der Waals surface area contributed by atoms with E-state index in [1.165, 1.54) is 0 Å². The number of carbonyl (C=O) groups excluding carboxylic acids is 1. The average molecular weight is 319 g/mol. The molecule has 1 amide bonds. The highest BCUT2D eigenvalue weighted by atomic mass is 32.2. The Kier molecular flexibility index (Phi) is 4.97. The van der Waals surface area contributed by atoms with Gasteiger partial charge in [0, 0.05) is 12.1 Å². The lowest BCUT2D eigenvalue weighted by Gasteiger charge is -2.18. The van der Waals surface area contributed by atoms with Crippen LogP contribution in [0.3, 0.4) is 0 Å². The van der Waals surface area contributed by atoms with E-state index in [4.69, 9.17) is 5.73 Å². The van der Waals surface area contributed by atoms with Crippen molar-refractivity contribution in [3.63, 3.8) is 0 Å². The van der Waals surface area contributed by atoms with E-state index in [1.54, 1.807) is 13.8 Å². The van der Waals surface area contributed by atoms with Crippen molar-refractivity contribution in [2.45, 2.75) is 24.8 Å². The summed E-state index contributed by atoms with van der Waals surface area (Å²) in [6.45, 7) is 3.16. The Hall–Kier alpha value is -2.07. The maximum absolute atomic E-state index is 13.5. The maximum atomic E-state index is 13.5. The van der Waals surface area contributed by atoms with Crippen LogP contribution >= 0.6 is 0 Å². The van der Waals surface area contributed by atoms with Crippen molar-refractivity contribution < 1.29 is 22.5 Å². The van der Waals surface area contributed by atoms with Gasteiger partial charge in [-0.05, 0) is 12.0 Å². The van der Waals surface area contributed by atoms with Crippen molar-refractivity contribution >= 4 is 21.6 Å². The Bertz CT molecular complexity index is 674. The van der Waals surface area contributed by atoms with Crippen LogP contribution in [-0.2, 0) is 14.8 Å². The maximum Gasteiger partial charge on any atom is 0.304 e. The fraction of sp³-hybridized carbons (Fsp3) is 0.364. The third-order valence-electron chi connectivity index (χ3n) is 2.68. The fourth-order valence-corrected chi connectivity index (χ4v) is 2.93. The Morgan fingerprint density at radius 3 is 2.38 bits per heavy atom. The molecule has 0 spiro atoms. The van der Waals surface area contributed by atoms with Gasteiger partial charge >= 0.3 is 5.69 Å². The molecular formula is C11H14FN3O5S. The van der Waals surface area contributed by atoms with Crippen LogP contribution in [0.5, 0.6) is 0 Å². The van der Waals surface area contributed by atoms with Gasteiger partial charge in [0.25, 0.3) is 0 Å². The van der Waals surface area contributed by atoms with Gasteiger partial charge in [-0.3, -0.25) is 14.9 Å². The number of nitro groups is 1. The molecule has 1 rings (SSSR count). The first kappa shape index (κ1) is 17.0. The van der Waals surface area contributed by atoms with Gasteiger partial charge in [0.1, 0.15) is 6.04 Å². The number of halogens is 1. The number of nitrogens with zero attached hydrogens (tertiary/aromatic N) is 1. The van der Waals surface area contributed by atoms with Crippen molar-refractivity contribution in [3.8, 4) is 0 Å². The lowest BCUT2D eigenvalue weighted by Crippen LogP contribution is -2.47. The molecule has 0 aliphatic rings. The van der Waals surface area contributed by atoms with E-state index in [0.717, 1.165) is 12.1 Å². The Labute approximate surface area is 120 Å². The van der Waals surface area contributed by atoms with Gasteiger partial charge in [0.15, 0.2) is 0 Å². The Balaban J connectivity index is 3.17. The number of hydrogen-bond acceptors (Lipinski definition) is 5.